The fourth-order valence-electron chi connectivity index (χ4n) is 2.57. The Balaban J connectivity index is 1.47. The third-order valence-electron chi connectivity index (χ3n) is 3.74. The quantitative estimate of drug-likeness (QED) is 0.681. The van der Waals surface area contributed by atoms with Crippen molar-refractivity contribution in [2.24, 2.45) is 16.9 Å². The summed E-state index contributed by atoms with van der Waals surface area (Å²) in [6, 6.07) is 4.85. The van der Waals surface area contributed by atoms with Crippen molar-refractivity contribution in [2.45, 2.75) is 12.8 Å². The van der Waals surface area contributed by atoms with Crippen molar-refractivity contribution in [1.82, 2.24) is 5.43 Å². The van der Waals surface area contributed by atoms with Gasteiger partial charge >= 0.3 is 0 Å². The summed E-state index contributed by atoms with van der Waals surface area (Å²) in [5.41, 5.74) is 3.58. The minimum Gasteiger partial charge on any atom is -0.482 e. The van der Waals surface area contributed by atoms with Crippen LogP contribution in [-0.2, 0) is 4.79 Å². The van der Waals surface area contributed by atoms with Crippen LogP contribution in [0.1, 0.15) is 12.8 Å². The summed E-state index contributed by atoms with van der Waals surface area (Å²) < 4.78 is 5.34. The Hall–Kier alpha value is -1.52. The van der Waals surface area contributed by atoms with Crippen LogP contribution in [0.15, 0.2) is 35.5 Å². The fourth-order valence-corrected chi connectivity index (χ4v) is 3.03. The third-order valence-corrected chi connectivity index (χ3v) is 4.27. The first kappa shape index (κ1) is 14.4. The first-order chi connectivity index (χ1) is 10.1. The number of rotatable bonds is 4. The second-order valence-electron chi connectivity index (χ2n) is 5.14. The molecule has 1 fully saturated rings. The number of hydrogen-bond donors (Lipinski definition) is 1. The predicted molar refractivity (Wildman–Crippen MR) is 82.9 cm³/mol. The number of allylic oxidation sites excluding steroid dienone is 2. The van der Waals surface area contributed by atoms with Crippen LogP contribution in [0.2, 0.25) is 10.0 Å². The molecule has 0 unspecified atom stereocenters. The van der Waals surface area contributed by atoms with E-state index in [1.54, 1.807) is 18.2 Å². The largest absolute Gasteiger partial charge is 0.482 e. The Morgan fingerprint density at radius 1 is 1.43 bits per heavy atom. The summed E-state index contributed by atoms with van der Waals surface area (Å²) in [6.07, 6.45) is 6.35. The minimum absolute atomic E-state index is 0.134. The molecule has 1 aromatic carbocycles. The number of nitrogens with one attached hydrogen (secondary N) is 1. The molecule has 2 aliphatic rings. The smallest absolute Gasteiger partial charge is 0.277 e. The number of fused-ring (bicyclic) bond motifs is 1. The number of ether oxygens (including phenoxy) is 1. The lowest BCUT2D eigenvalue weighted by atomic mass is 9.74. The summed E-state index contributed by atoms with van der Waals surface area (Å²) in [5, 5.41) is 5.06. The Labute approximate surface area is 132 Å². The van der Waals surface area contributed by atoms with Crippen molar-refractivity contribution in [2.75, 3.05) is 6.61 Å². The fraction of sp³-hybridized carbons (Fsp3) is 0.333. The average molecular weight is 325 g/mol. The van der Waals surface area contributed by atoms with Gasteiger partial charge in [0.25, 0.3) is 5.91 Å². The predicted octanol–water partition coefficient (Wildman–Crippen LogP) is 3.44. The molecule has 1 aromatic rings. The summed E-state index contributed by atoms with van der Waals surface area (Å²) >= 11 is 11.7. The molecular weight excluding hydrogens is 311 g/mol. The lowest BCUT2D eigenvalue weighted by Crippen LogP contribution is -2.36. The van der Waals surface area contributed by atoms with Gasteiger partial charge in [-0.2, -0.15) is 5.10 Å². The molecule has 0 aromatic heterocycles. The van der Waals surface area contributed by atoms with Gasteiger partial charge in [0.1, 0.15) is 5.75 Å². The van der Waals surface area contributed by atoms with Crippen LogP contribution in [0.3, 0.4) is 0 Å². The number of carbonyl (C=O) groups excluding carboxylic acids is 1. The van der Waals surface area contributed by atoms with Gasteiger partial charge in [-0.15, -0.1) is 0 Å². The molecule has 0 radical (unpaired) electrons. The van der Waals surface area contributed by atoms with Gasteiger partial charge in [0.05, 0.1) is 5.02 Å². The van der Waals surface area contributed by atoms with E-state index in [2.05, 4.69) is 22.7 Å². The molecule has 2 aliphatic carbocycles. The molecule has 0 bridgehead atoms. The van der Waals surface area contributed by atoms with Crippen molar-refractivity contribution < 1.29 is 9.53 Å². The number of hydrazone groups is 1. The topological polar surface area (TPSA) is 50.7 Å². The SMILES string of the molecule is O=C(COc1ccc(Cl)cc1Cl)N/N=C1\C[C@H]2C=CC[C@H]12. The summed E-state index contributed by atoms with van der Waals surface area (Å²) in [5.74, 6) is 1.22. The highest BCUT2D eigenvalue weighted by Gasteiger charge is 2.37. The maximum atomic E-state index is 11.7. The van der Waals surface area contributed by atoms with E-state index in [1.807, 2.05) is 0 Å². The van der Waals surface area contributed by atoms with E-state index >= 15 is 0 Å². The van der Waals surface area contributed by atoms with Gasteiger partial charge in [0, 0.05) is 16.7 Å². The van der Waals surface area contributed by atoms with Crippen molar-refractivity contribution in [3.8, 4) is 5.75 Å². The van der Waals surface area contributed by atoms with E-state index in [0.717, 1.165) is 18.6 Å². The van der Waals surface area contributed by atoms with Crippen LogP contribution in [0, 0.1) is 11.8 Å². The minimum atomic E-state index is -0.303. The first-order valence-corrected chi connectivity index (χ1v) is 7.49. The Bertz CT molecular complexity index is 628. The molecule has 0 heterocycles. The van der Waals surface area contributed by atoms with Crippen LogP contribution in [0.4, 0.5) is 0 Å². The molecule has 1 saturated carbocycles. The number of hydrogen-bond acceptors (Lipinski definition) is 3. The van der Waals surface area contributed by atoms with E-state index in [1.165, 1.54) is 0 Å². The number of amides is 1. The van der Waals surface area contributed by atoms with Gasteiger partial charge in [0.15, 0.2) is 6.61 Å². The van der Waals surface area contributed by atoms with Crippen molar-refractivity contribution in [3.05, 3.63) is 40.4 Å². The van der Waals surface area contributed by atoms with E-state index < -0.39 is 0 Å². The van der Waals surface area contributed by atoms with Gasteiger partial charge in [-0.3, -0.25) is 4.79 Å². The van der Waals surface area contributed by atoms with E-state index in [4.69, 9.17) is 27.9 Å². The maximum Gasteiger partial charge on any atom is 0.277 e. The standard InChI is InChI=1S/C15H14Cl2N2O2/c16-10-4-5-14(12(17)7-10)21-8-15(20)19-18-13-6-9-2-1-3-11(9)13/h1-2,4-5,7,9,11H,3,6,8H2,(H,19,20)/b18-13+/t9-,11+/m1/s1. The van der Waals surface area contributed by atoms with Gasteiger partial charge < -0.3 is 4.74 Å². The lowest BCUT2D eigenvalue weighted by molar-refractivity contribution is -0.123. The highest BCUT2D eigenvalue weighted by atomic mass is 35.5. The second-order valence-corrected chi connectivity index (χ2v) is 5.98. The molecular formula is C15H14Cl2N2O2. The van der Waals surface area contributed by atoms with Crippen LogP contribution in [0.5, 0.6) is 5.75 Å². The van der Waals surface area contributed by atoms with E-state index in [-0.39, 0.29) is 12.5 Å². The molecule has 0 aliphatic heterocycles. The van der Waals surface area contributed by atoms with Crippen molar-refractivity contribution >= 4 is 34.8 Å². The Kier molecular flexibility index (Phi) is 4.17. The average Bonchev–Trinajstić information content (AvgIpc) is 2.79. The van der Waals surface area contributed by atoms with Gasteiger partial charge in [-0.1, -0.05) is 35.4 Å². The van der Waals surface area contributed by atoms with E-state index in [0.29, 0.717) is 27.6 Å². The van der Waals surface area contributed by atoms with Crippen LogP contribution < -0.4 is 10.2 Å². The zero-order chi connectivity index (χ0) is 14.8. The Morgan fingerprint density at radius 2 is 2.29 bits per heavy atom. The molecule has 0 spiro atoms. The molecule has 3 rings (SSSR count). The molecule has 1 amide bonds. The molecule has 2 atom stereocenters. The number of nitrogens with zero attached hydrogens (tertiary/aromatic N) is 1. The lowest BCUT2D eigenvalue weighted by Gasteiger charge is -2.31. The van der Waals surface area contributed by atoms with Gasteiger partial charge in [0.2, 0.25) is 0 Å². The number of benzene rings is 1. The van der Waals surface area contributed by atoms with Crippen LogP contribution >= 0.6 is 23.2 Å². The molecule has 21 heavy (non-hydrogen) atoms. The second kappa shape index (κ2) is 6.08. The molecule has 6 heteroatoms. The van der Waals surface area contributed by atoms with Gasteiger partial charge in [-0.25, -0.2) is 5.43 Å². The van der Waals surface area contributed by atoms with Crippen LogP contribution in [0.25, 0.3) is 0 Å². The zero-order valence-corrected chi connectivity index (χ0v) is 12.7. The first-order valence-electron chi connectivity index (χ1n) is 6.73. The number of halogens is 2. The zero-order valence-electron chi connectivity index (χ0n) is 11.2. The summed E-state index contributed by atoms with van der Waals surface area (Å²) in [7, 11) is 0. The van der Waals surface area contributed by atoms with E-state index in [9.17, 15) is 4.79 Å². The summed E-state index contributed by atoms with van der Waals surface area (Å²) in [6.45, 7) is -0.134. The summed E-state index contributed by atoms with van der Waals surface area (Å²) in [4.78, 5) is 11.7. The van der Waals surface area contributed by atoms with Crippen molar-refractivity contribution in [3.63, 3.8) is 0 Å². The molecule has 110 valence electrons. The molecule has 0 saturated heterocycles. The number of carbonyl (C=O) groups is 1. The highest BCUT2D eigenvalue weighted by Crippen LogP contribution is 2.40. The monoisotopic (exact) mass is 324 g/mol. The maximum absolute atomic E-state index is 11.7. The molecule has 4 nitrogen and oxygen atoms in total. The van der Waals surface area contributed by atoms with Gasteiger partial charge in [-0.05, 0) is 37.0 Å². The normalized spacial score (nSPS) is 24.6. The Morgan fingerprint density at radius 3 is 3.05 bits per heavy atom. The van der Waals surface area contributed by atoms with Crippen molar-refractivity contribution in [1.29, 1.82) is 0 Å². The van der Waals surface area contributed by atoms with Crippen LogP contribution in [-0.4, -0.2) is 18.2 Å². The molecule has 1 N–H and O–H groups in total. The third kappa shape index (κ3) is 3.22. The highest BCUT2D eigenvalue weighted by molar-refractivity contribution is 6.35.